The molecule has 1 fully saturated rings. The molecule has 1 saturated heterocycles. The number of halogens is 3. The summed E-state index contributed by atoms with van der Waals surface area (Å²) < 4.78 is 33.3. The van der Waals surface area contributed by atoms with E-state index in [9.17, 15) is 13.6 Å². The van der Waals surface area contributed by atoms with Crippen LogP contribution in [0.25, 0.3) is 11.1 Å². The minimum atomic E-state index is -0.685. The summed E-state index contributed by atoms with van der Waals surface area (Å²) >= 11 is 5.87. The third-order valence-electron chi connectivity index (χ3n) is 6.16. The molecule has 1 aliphatic rings. The zero-order valence-electron chi connectivity index (χ0n) is 19.4. The van der Waals surface area contributed by atoms with Gasteiger partial charge in [0.15, 0.2) is 11.6 Å². The van der Waals surface area contributed by atoms with Crippen molar-refractivity contribution in [2.24, 2.45) is 0 Å². The monoisotopic (exact) mass is 500 g/mol. The normalized spacial score (nSPS) is 14.6. The minimum absolute atomic E-state index is 0.0332. The number of carbonyl (C=O) groups excluding carboxylic acids is 1. The van der Waals surface area contributed by atoms with E-state index >= 15 is 0 Å². The van der Waals surface area contributed by atoms with Gasteiger partial charge in [0.25, 0.3) is 5.91 Å². The number of nitrogens with one attached hydrogen (secondary N) is 1. The molecule has 0 spiro atoms. The number of aromatic nitrogens is 1. The molecule has 1 amide bonds. The van der Waals surface area contributed by atoms with E-state index in [2.05, 4.69) is 22.2 Å². The first-order valence-corrected chi connectivity index (χ1v) is 11.8. The largest absolute Gasteiger partial charge is 0.489 e. The lowest BCUT2D eigenvalue weighted by Crippen LogP contribution is -2.43. The third kappa shape index (κ3) is 6.07. The SMILES string of the molecule is CN1CCC(NC(=O)c2ccc(-c3cnc(N)c(OCCc4c(F)ccc(F)c4Cl)c3)cc2)CC1. The van der Waals surface area contributed by atoms with Crippen LogP contribution < -0.4 is 15.8 Å². The molecule has 1 aliphatic heterocycles. The zero-order chi connectivity index (χ0) is 24.9. The topological polar surface area (TPSA) is 80.5 Å². The number of amides is 1. The molecule has 3 N–H and O–H groups in total. The molecule has 0 bridgehead atoms. The van der Waals surface area contributed by atoms with Crippen LogP contribution in [-0.4, -0.2) is 48.6 Å². The van der Waals surface area contributed by atoms with Crippen LogP contribution >= 0.6 is 11.6 Å². The van der Waals surface area contributed by atoms with Crippen molar-refractivity contribution in [2.45, 2.75) is 25.3 Å². The Labute approximate surface area is 208 Å². The standard InChI is InChI=1S/C26H27ClF2N4O2/c1-33-11-8-19(9-12-33)32-26(34)17-4-2-16(3-5-17)18-14-23(25(30)31-15-18)35-13-10-20-21(28)6-7-22(29)24(20)27/h2-7,14-15,19H,8-13H2,1H3,(H2,30,31)(H,32,34). The predicted octanol–water partition coefficient (Wildman–Crippen LogP) is 4.71. The van der Waals surface area contributed by atoms with E-state index in [0.29, 0.717) is 11.3 Å². The molecule has 0 unspecified atom stereocenters. The van der Waals surface area contributed by atoms with Crippen LogP contribution in [0.15, 0.2) is 48.7 Å². The quantitative estimate of drug-likeness (QED) is 0.459. The smallest absolute Gasteiger partial charge is 0.251 e. The number of nitrogens with two attached hydrogens (primary N) is 1. The van der Waals surface area contributed by atoms with E-state index in [1.807, 2.05) is 12.1 Å². The van der Waals surface area contributed by atoms with Gasteiger partial charge < -0.3 is 20.7 Å². The summed E-state index contributed by atoms with van der Waals surface area (Å²) in [7, 11) is 2.08. The van der Waals surface area contributed by atoms with Crippen LogP contribution in [0.3, 0.4) is 0 Å². The van der Waals surface area contributed by atoms with Crippen LogP contribution in [0, 0.1) is 11.6 Å². The van der Waals surface area contributed by atoms with Crippen molar-refractivity contribution in [1.29, 1.82) is 0 Å². The molecule has 6 nitrogen and oxygen atoms in total. The first-order chi connectivity index (χ1) is 16.8. The maximum atomic E-state index is 14.0. The maximum Gasteiger partial charge on any atom is 0.251 e. The van der Waals surface area contributed by atoms with Gasteiger partial charge in [0.05, 0.1) is 11.6 Å². The second kappa shape index (κ2) is 11.0. The molecule has 3 aromatic rings. The number of anilines is 1. The molecule has 0 saturated carbocycles. The van der Waals surface area contributed by atoms with E-state index < -0.39 is 11.6 Å². The number of likely N-dealkylation sites (tertiary alicyclic amines) is 1. The lowest BCUT2D eigenvalue weighted by Gasteiger charge is -2.29. The Morgan fingerprint density at radius 3 is 2.54 bits per heavy atom. The zero-order valence-corrected chi connectivity index (χ0v) is 20.1. The molecule has 1 aromatic heterocycles. The van der Waals surface area contributed by atoms with Crippen molar-refractivity contribution in [3.63, 3.8) is 0 Å². The maximum absolute atomic E-state index is 14.0. The second-order valence-electron chi connectivity index (χ2n) is 8.66. The predicted molar refractivity (Wildman–Crippen MR) is 133 cm³/mol. The number of nitrogens with zero attached hydrogens (tertiary/aromatic N) is 2. The number of hydrogen-bond donors (Lipinski definition) is 2. The number of benzene rings is 2. The van der Waals surface area contributed by atoms with Gasteiger partial charge in [-0.1, -0.05) is 23.7 Å². The fourth-order valence-corrected chi connectivity index (χ4v) is 4.27. The van der Waals surface area contributed by atoms with Crippen molar-refractivity contribution in [1.82, 2.24) is 15.2 Å². The van der Waals surface area contributed by atoms with E-state index in [0.717, 1.165) is 49.2 Å². The Morgan fingerprint density at radius 2 is 1.83 bits per heavy atom. The van der Waals surface area contributed by atoms with Gasteiger partial charge in [0, 0.05) is 35.3 Å². The first-order valence-electron chi connectivity index (χ1n) is 11.4. The highest BCUT2D eigenvalue weighted by molar-refractivity contribution is 6.31. The number of hydrogen-bond acceptors (Lipinski definition) is 5. The summed E-state index contributed by atoms with van der Waals surface area (Å²) in [5.74, 6) is -0.878. The van der Waals surface area contributed by atoms with Crippen LogP contribution in [0.1, 0.15) is 28.8 Å². The summed E-state index contributed by atoms with van der Waals surface area (Å²) in [5.41, 5.74) is 8.14. The van der Waals surface area contributed by atoms with Gasteiger partial charge >= 0.3 is 0 Å². The molecule has 35 heavy (non-hydrogen) atoms. The summed E-state index contributed by atoms with van der Waals surface area (Å²) in [6, 6.07) is 11.1. The van der Waals surface area contributed by atoms with Gasteiger partial charge in [-0.2, -0.15) is 0 Å². The Kier molecular flexibility index (Phi) is 7.83. The van der Waals surface area contributed by atoms with Gasteiger partial charge in [-0.05, 0) is 68.9 Å². The van der Waals surface area contributed by atoms with E-state index in [1.54, 1.807) is 24.4 Å². The number of nitrogen functional groups attached to an aromatic ring is 1. The molecular formula is C26H27ClF2N4O2. The lowest BCUT2D eigenvalue weighted by atomic mass is 10.0. The lowest BCUT2D eigenvalue weighted by molar-refractivity contribution is 0.0917. The van der Waals surface area contributed by atoms with Crippen molar-refractivity contribution in [2.75, 3.05) is 32.5 Å². The van der Waals surface area contributed by atoms with Crippen LogP contribution in [0.4, 0.5) is 14.6 Å². The van der Waals surface area contributed by atoms with Crippen LogP contribution in [0.5, 0.6) is 5.75 Å². The summed E-state index contributed by atoms with van der Waals surface area (Å²) in [5, 5.41) is 2.85. The van der Waals surface area contributed by atoms with E-state index in [1.165, 1.54) is 0 Å². The Hall–Kier alpha value is -3.23. The average molecular weight is 501 g/mol. The van der Waals surface area contributed by atoms with Gasteiger partial charge in [-0.25, -0.2) is 13.8 Å². The van der Waals surface area contributed by atoms with E-state index in [4.69, 9.17) is 22.1 Å². The second-order valence-corrected chi connectivity index (χ2v) is 9.03. The van der Waals surface area contributed by atoms with Gasteiger partial charge in [-0.15, -0.1) is 0 Å². The highest BCUT2D eigenvalue weighted by atomic mass is 35.5. The van der Waals surface area contributed by atoms with Crippen molar-refractivity contribution >= 4 is 23.3 Å². The number of piperidine rings is 1. The van der Waals surface area contributed by atoms with Crippen molar-refractivity contribution in [3.05, 3.63) is 76.4 Å². The highest BCUT2D eigenvalue weighted by Gasteiger charge is 2.19. The summed E-state index contributed by atoms with van der Waals surface area (Å²) in [6.07, 6.45) is 3.56. The molecular weight excluding hydrogens is 474 g/mol. The fourth-order valence-electron chi connectivity index (χ4n) is 4.03. The molecule has 0 atom stereocenters. The van der Waals surface area contributed by atoms with Crippen LogP contribution in [-0.2, 0) is 6.42 Å². The van der Waals surface area contributed by atoms with Gasteiger partial charge in [0.1, 0.15) is 11.6 Å². The highest BCUT2D eigenvalue weighted by Crippen LogP contribution is 2.28. The molecule has 184 valence electrons. The fraction of sp³-hybridized carbons (Fsp3) is 0.308. The van der Waals surface area contributed by atoms with Crippen molar-refractivity contribution in [3.8, 4) is 16.9 Å². The molecule has 2 aromatic carbocycles. The van der Waals surface area contributed by atoms with Crippen LogP contribution in [0.2, 0.25) is 5.02 Å². The summed E-state index contributed by atoms with van der Waals surface area (Å²) in [6.45, 7) is 1.98. The van der Waals surface area contributed by atoms with Gasteiger partial charge in [0.2, 0.25) is 0 Å². The Morgan fingerprint density at radius 1 is 1.14 bits per heavy atom. The molecule has 4 rings (SSSR count). The number of ether oxygens (including phenoxy) is 1. The molecule has 0 radical (unpaired) electrons. The molecule has 2 heterocycles. The first kappa shape index (κ1) is 24.9. The van der Waals surface area contributed by atoms with Gasteiger partial charge in [-0.3, -0.25) is 4.79 Å². The number of carbonyl (C=O) groups is 1. The minimum Gasteiger partial charge on any atom is -0.489 e. The number of rotatable bonds is 7. The van der Waals surface area contributed by atoms with Crippen molar-refractivity contribution < 1.29 is 18.3 Å². The Balaban J connectivity index is 1.40. The molecule has 9 heteroatoms. The summed E-state index contributed by atoms with van der Waals surface area (Å²) in [4.78, 5) is 19.0. The Bertz CT molecular complexity index is 1200. The number of pyridine rings is 1. The molecule has 0 aliphatic carbocycles. The average Bonchev–Trinajstić information content (AvgIpc) is 2.86. The third-order valence-corrected chi connectivity index (χ3v) is 6.57. The van der Waals surface area contributed by atoms with E-state index in [-0.39, 0.29) is 41.4 Å².